The second kappa shape index (κ2) is 9.40. The van der Waals surface area contributed by atoms with Crippen molar-refractivity contribution in [1.82, 2.24) is 5.01 Å². The Balaban J connectivity index is 1.66. The number of benzene rings is 3. The zero-order valence-electron chi connectivity index (χ0n) is 17.2. The largest absolute Gasteiger partial charge is 0.416 e. The van der Waals surface area contributed by atoms with Crippen molar-refractivity contribution in [2.75, 3.05) is 6.54 Å². The third kappa shape index (κ3) is 5.27. The fraction of sp³-hybridized carbons (Fsp3) is 0.130. The molecule has 34 heavy (non-hydrogen) atoms. The standard InChI is InChI=1S/C23H16Cl2F3N3O2S/c24-18-10-6-16(7-11-18)21-20(15-4-2-1-3-5-15)14-31(29-21)22(25)30-34(32,33)19-12-8-17(9-13-19)23(26,27)28/h1-13,20H,14H2/b30-22-. The summed E-state index contributed by atoms with van der Waals surface area (Å²) in [6, 6.07) is 19.5. The summed E-state index contributed by atoms with van der Waals surface area (Å²) in [5, 5.41) is 5.88. The van der Waals surface area contributed by atoms with E-state index in [4.69, 9.17) is 23.2 Å². The van der Waals surface area contributed by atoms with Crippen LogP contribution in [0.2, 0.25) is 5.02 Å². The Morgan fingerprint density at radius 1 is 0.971 bits per heavy atom. The van der Waals surface area contributed by atoms with E-state index >= 15 is 0 Å². The molecule has 0 radical (unpaired) electrons. The van der Waals surface area contributed by atoms with Crippen molar-refractivity contribution >= 4 is 44.2 Å². The summed E-state index contributed by atoms with van der Waals surface area (Å²) in [6.07, 6.45) is -4.59. The maximum Gasteiger partial charge on any atom is 0.416 e. The number of rotatable bonds is 4. The molecule has 0 saturated carbocycles. The lowest BCUT2D eigenvalue weighted by molar-refractivity contribution is -0.137. The van der Waals surface area contributed by atoms with Crippen LogP contribution >= 0.6 is 23.2 Å². The number of hydrazone groups is 1. The van der Waals surface area contributed by atoms with Gasteiger partial charge >= 0.3 is 6.18 Å². The molecule has 3 aromatic rings. The van der Waals surface area contributed by atoms with E-state index in [1.165, 1.54) is 5.01 Å². The van der Waals surface area contributed by atoms with Gasteiger partial charge in [0.1, 0.15) is 0 Å². The quantitative estimate of drug-likeness (QED) is 0.233. The molecule has 0 amide bonds. The van der Waals surface area contributed by atoms with Gasteiger partial charge in [-0.15, -0.1) is 4.40 Å². The zero-order valence-corrected chi connectivity index (χ0v) is 19.6. The van der Waals surface area contributed by atoms with Crippen molar-refractivity contribution in [3.8, 4) is 0 Å². The van der Waals surface area contributed by atoms with Gasteiger partial charge in [0.15, 0.2) is 0 Å². The Kier molecular flexibility index (Phi) is 6.71. The zero-order chi connectivity index (χ0) is 24.5. The highest BCUT2D eigenvalue weighted by atomic mass is 35.5. The van der Waals surface area contributed by atoms with Gasteiger partial charge in [0.2, 0.25) is 5.29 Å². The minimum Gasteiger partial charge on any atom is -0.236 e. The molecule has 0 bridgehead atoms. The minimum atomic E-state index is -4.59. The predicted molar refractivity (Wildman–Crippen MR) is 126 cm³/mol. The van der Waals surface area contributed by atoms with Crippen molar-refractivity contribution < 1.29 is 21.6 Å². The predicted octanol–water partition coefficient (Wildman–Crippen LogP) is 6.15. The van der Waals surface area contributed by atoms with E-state index in [9.17, 15) is 21.6 Å². The van der Waals surface area contributed by atoms with Gasteiger partial charge in [-0.1, -0.05) is 54.1 Å². The lowest BCUT2D eigenvalue weighted by atomic mass is 9.91. The summed E-state index contributed by atoms with van der Waals surface area (Å²) in [7, 11) is -4.37. The molecule has 11 heteroatoms. The van der Waals surface area contributed by atoms with E-state index in [0.29, 0.717) is 22.9 Å². The van der Waals surface area contributed by atoms with Crippen molar-refractivity contribution in [2.24, 2.45) is 9.50 Å². The summed E-state index contributed by atoms with van der Waals surface area (Å²) in [5.41, 5.74) is 1.39. The normalized spacial score (nSPS) is 17.1. The first-order valence-corrected chi connectivity index (χ1v) is 12.1. The van der Waals surface area contributed by atoms with Crippen molar-refractivity contribution in [1.29, 1.82) is 0 Å². The van der Waals surface area contributed by atoms with E-state index in [2.05, 4.69) is 9.50 Å². The van der Waals surface area contributed by atoms with Crippen LogP contribution in [0, 0.1) is 0 Å². The Labute approximate surface area is 204 Å². The van der Waals surface area contributed by atoms with Crippen LogP contribution in [0.4, 0.5) is 13.2 Å². The second-order valence-electron chi connectivity index (χ2n) is 7.40. The molecule has 176 valence electrons. The van der Waals surface area contributed by atoms with Crippen LogP contribution in [-0.4, -0.2) is 31.0 Å². The fourth-order valence-corrected chi connectivity index (χ4v) is 4.84. The molecule has 0 aromatic heterocycles. The summed E-state index contributed by atoms with van der Waals surface area (Å²) in [6.45, 7) is 0.215. The molecule has 0 N–H and O–H groups in total. The van der Waals surface area contributed by atoms with Crippen LogP contribution in [-0.2, 0) is 16.2 Å². The summed E-state index contributed by atoms with van der Waals surface area (Å²) >= 11 is 12.2. The molecular formula is C23H16Cl2F3N3O2S. The second-order valence-corrected chi connectivity index (χ2v) is 9.77. The molecular weight excluding hydrogens is 510 g/mol. The Bertz CT molecular complexity index is 1340. The molecule has 1 aliphatic rings. The molecule has 1 unspecified atom stereocenters. The van der Waals surface area contributed by atoms with Crippen molar-refractivity contribution in [3.63, 3.8) is 0 Å². The highest BCUT2D eigenvalue weighted by Crippen LogP contribution is 2.32. The Hall–Kier alpha value is -2.88. The Morgan fingerprint density at radius 2 is 1.59 bits per heavy atom. The summed E-state index contributed by atoms with van der Waals surface area (Å²) in [5.74, 6) is -0.236. The first kappa shape index (κ1) is 24.3. The SMILES string of the molecule is O=S(=O)(/N=C(/Cl)N1CC(c2ccccc2)C(c2ccc(Cl)cc2)=N1)c1ccc(C(F)(F)F)cc1. The van der Waals surface area contributed by atoms with Gasteiger partial charge in [-0.3, -0.25) is 0 Å². The van der Waals surface area contributed by atoms with Crippen LogP contribution in [0.15, 0.2) is 93.3 Å². The molecule has 0 aliphatic carbocycles. The highest BCUT2D eigenvalue weighted by Gasteiger charge is 2.33. The van der Waals surface area contributed by atoms with Gasteiger partial charge in [-0.2, -0.15) is 26.7 Å². The molecule has 0 spiro atoms. The molecule has 3 aromatic carbocycles. The third-order valence-corrected chi connectivity index (χ3v) is 7.06. The number of hydrogen-bond donors (Lipinski definition) is 0. The van der Waals surface area contributed by atoms with Crippen molar-refractivity contribution in [3.05, 3.63) is 101 Å². The van der Waals surface area contributed by atoms with E-state index < -0.39 is 32.0 Å². The van der Waals surface area contributed by atoms with Crippen LogP contribution < -0.4 is 0 Å². The topological polar surface area (TPSA) is 62.1 Å². The van der Waals surface area contributed by atoms with E-state index in [0.717, 1.165) is 23.3 Å². The van der Waals surface area contributed by atoms with Gasteiger partial charge in [-0.05, 0) is 59.1 Å². The number of nitrogens with zero attached hydrogens (tertiary/aromatic N) is 3. The Morgan fingerprint density at radius 3 is 2.18 bits per heavy atom. The van der Waals surface area contributed by atoms with Crippen LogP contribution in [0.3, 0.4) is 0 Å². The maximum absolute atomic E-state index is 12.8. The molecule has 0 fully saturated rings. The van der Waals surface area contributed by atoms with E-state index in [1.54, 1.807) is 24.3 Å². The number of halogens is 5. The lowest BCUT2D eigenvalue weighted by Crippen LogP contribution is -2.23. The monoisotopic (exact) mass is 525 g/mol. The van der Waals surface area contributed by atoms with Gasteiger partial charge in [0.25, 0.3) is 10.0 Å². The maximum atomic E-state index is 12.8. The highest BCUT2D eigenvalue weighted by molar-refractivity contribution is 7.90. The van der Waals surface area contributed by atoms with E-state index in [-0.39, 0.29) is 12.5 Å². The number of sulfonamides is 1. The first-order valence-electron chi connectivity index (χ1n) is 9.89. The molecule has 0 saturated heterocycles. The minimum absolute atomic E-state index is 0.215. The fourth-order valence-electron chi connectivity index (χ4n) is 3.46. The summed E-state index contributed by atoms with van der Waals surface area (Å²) < 4.78 is 67.2. The number of amidine groups is 1. The number of alkyl halides is 3. The van der Waals surface area contributed by atoms with Crippen LogP contribution in [0.25, 0.3) is 0 Å². The average Bonchev–Trinajstić information content (AvgIpc) is 3.25. The number of hydrogen-bond acceptors (Lipinski definition) is 3. The van der Waals surface area contributed by atoms with Crippen LogP contribution in [0.1, 0.15) is 22.6 Å². The molecule has 4 rings (SSSR count). The third-order valence-electron chi connectivity index (χ3n) is 5.14. The van der Waals surface area contributed by atoms with Gasteiger partial charge < -0.3 is 0 Å². The average molecular weight is 526 g/mol. The molecule has 5 nitrogen and oxygen atoms in total. The first-order chi connectivity index (χ1) is 16.0. The van der Waals surface area contributed by atoms with E-state index in [1.807, 2.05) is 30.3 Å². The molecule has 1 heterocycles. The molecule has 1 aliphatic heterocycles. The summed E-state index contributed by atoms with van der Waals surface area (Å²) in [4.78, 5) is -0.417. The van der Waals surface area contributed by atoms with Crippen molar-refractivity contribution in [2.45, 2.75) is 17.0 Å². The van der Waals surface area contributed by atoms with Gasteiger partial charge in [-0.25, -0.2) is 5.01 Å². The lowest BCUT2D eigenvalue weighted by Gasteiger charge is -2.15. The molecule has 1 atom stereocenters. The van der Waals surface area contributed by atoms with Crippen LogP contribution in [0.5, 0.6) is 0 Å². The van der Waals surface area contributed by atoms with Gasteiger partial charge in [0, 0.05) is 10.9 Å². The smallest absolute Gasteiger partial charge is 0.236 e. The van der Waals surface area contributed by atoms with Gasteiger partial charge in [0.05, 0.1) is 22.7 Å².